The summed E-state index contributed by atoms with van der Waals surface area (Å²) in [5, 5.41) is 3.40. The Bertz CT molecular complexity index is 968. The van der Waals surface area contributed by atoms with E-state index in [0.717, 1.165) is 28.5 Å². The smallest absolute Gasteiger partial charge is 0.0476 e. The lowest BCUT2D eigenvalue weighted by molar-refractivity contribution is 0.590. The van der Waals surface area contributed by atoms with Crippen LogP contribution in [0.4, 0.5) is 17.1 Å². The van der Waals surface area contributed by atoms with Gasteiger partial charge in [0.05, 0.1) is 0 Å². The number of para-hydroxylation sites is 2. The van der Waals surface area contributed by atoms with E-state index in [2.05, 4.69) is 92.7 Å². The molecule has 1 N–H and O–H groups in total. The molecule has 3 rings (SSSR count). The van der Waals surface area contributed by atoms with Crippen molar-refractivity contribution in [1.82, 2.24) is 0 Å². The average Bonchev–Trinajstić information content (AvgIpc) is 2.74. The van der Waals surface area contributed by atoms with Gasteiger partial charge in [-0.25, -0.2) is 0 Å². The topological polar surface area (TPSA) is 15.3 Å². The quantitative estimate of drug-likeness (QED) is 0.411. The van der Waals surface area contributed by atoms with Gasteiger partial charge in [0.25, 0.3) is 0 Å². The molecule has 0 aliphatic heterocycles. The number of nitrogens with zero attached hydrogens (tertiary/aromatic N) is 1. The van der Waals surface area contributed by atoms with Crippen molar-refractivity contribution in [2.24, 2.45) is 0 Å². The molecule has 152 valence electrons. The van der Waals surface area contributed by atoms with Gasteiger partial charge in [0.2, 0.25) is 0 Å². The number of rotatable bonds is 7. The maximum atomic E-state index is 4.22. The van der Waals surface area contributed by atoms with Gasteiger partial charge in [0.15, 0.2) is 0 Å². The molecule has 0 unspecified atom stereocenters. The van der Waals surface area contributed by atoms with Crippen LogP contribution in [0.25, 0.3) is 0 Å². The van der Waals surface area contributed by atoms with Gasteiger partial charge in [-0.05, 0) is 59.5 Å². The molecular weight excluding hydrogens is 364 g/mol. The third kappa shape index (κ3) is 5.30. The molecule has 0 aromatic heterocycles. The van der Waals surface area contributed by atoms with Crippen LogP contribution in [0.3, 0.4) is 0 Å². The second kappa shape index (κ2) is 9.32. The fourth-order valence-corrected chi connectivity index (χ4v) is 3.27. The largest absolute Gasteiger partial charge is 0.356 e. The third-order valence-electron chi connectivity index (χ3n) is 4.87. The Hall–Kier alpha value is -3.52. The van der Waals surface area contributed by atoms with Crippen LogP contribution >= 0.6 is 0 Å². The number of nitrogens with one attached hydrogen (secondary N) is 1. The van der Waals surface area contributed by atoms with Crippen LogP contribution in [-0.2, 0) is 5.41 Å². The molecule has 0 aliphatic rings. The number of anilines is 3. The first kappa shape index (κ1) is 21.2. The summed E-state index contributed by atoms with van der Waals surface area (Å²) < 4.78 is 0. The average molecular weight is 395 g/mol. The lowest BCUT2D eigenvalue weighted by atomic mass is 9.87. The minimum atomic E-state index is 0.136. The molecule has 3 aromatic rings. The predicted octanol–water partition coefficient (Wildman–Crippen LogP) is 7.82. The van der Waals surface area contributed by atoms with Crippen LogP contribution in [0.15, 0.2) is 122 Å². The summed E-state index contributed by atoms with van der Waals surface area (Å²) in [4.78, 5) is 2.17. The van der Waals surface area contributed by atoms with E-state index < -0.39 is 0 Å². The zero-order chi connectivity index (χ0) is 21.6. The molecule has 2 heteroatoms. The zero-order valence-corrected chi connectivity index (χ0v) is 18.1. The van der Waals surface area contributed by atoms with Crippen molar-refractivity contribution in [2.75, 3.05) is 10.2 Å². The monoisotopic (exact) mass is 394 g/mol. The molecule has 0 saturated carbocycles. The second-order valence-electron chi connectivity index (χ2n) is 8.26. The van der Waals surface area contributed by atoms with E-state index in [-0.39, 0.29) is 5.41 Å². The molecule has 0 spiro atoms. The summed E-state index contributed by atoms with van der Waals surface area (Å²) >= 11 is 0. The normalized spacial score (nSPS) is 11.6. The van der Waals surface area contributed by atoms with Crippen molar-refractivity contribution in [3.63, 3.8) is 0 Å². The zero-order valence-electron chi connectivity index (χ0n) is 18.1. The highest BCUT2D eigenvalue weighted by atomic mass is 15.1. The first-order chi connectivity index (χ1) is 14.4. The molecule has 0 aliphatic carbocycles. The Morgan fingerprint density at radius 2 is 1.30 bits per heavy atom. The highest BCUT2D eigenvalue weighted by molar-refractivity contribution is 5.70. The van der Waals surface area contributed by atoms with Crippen LogP contribution in [-0.4, -0.2) is 0 Å². The van der Waals surface area contributed by atoms with Gasteiger partial charge in [-0.1, -0.05) is 82.5 Å². The Kier molecular flexibility index (Phi) is 6.58. The SMILES string of the molecule is C=C/C(=C\C(=C)Nc1ccc(C(C)(C)C)cc1)N(c1ccccc1)c1ccccc1. The van der Waals surface area contributed by atoms with Crippen molar-refractivity contribution in [2.45, 2.75) is 26.2 Å². The number of benzene rings is 3. The van der Waals surface area contributed by atoms with Crippen LogP contribution in [0.2, 0.25) is 0 Å². The minimum Gasteiger partial charge on any atom is -0.356 e. The number of allylic oxidation sites excluding steroid dienone is 2. The first-order valence-electron chi connectivity index (χ1n) is 10.2. The predicted molar refractivity (Wildman–Crippen MR) is 131 cm³/mol. The molecule has 30 heavy (non-hydrogen) atoms. The van der Waals surface area contributed by atoms with Gasteiger partial charge in [0.1, 0.15) is 0 Å². The van der Waals surface area contributed by atoms with Crippen LogP contribution in [0.1, 0.15) is 26.3 Å². The second-order valence-corrected chi connectivity index (χ2v) is 8.26. The lowest BCUT2D eigenvalue weighted by Crippen LogP contribution is -2.15. The Morgan fingerprint density at radius 1 is 0.800 bits per heavy atom. The summed E-state index contributed by atoms with van der Waals surface area (Å²) in [7, 11) is 0. The molecule has 0 saturated heterocycles. The van der Waals surface area contributed by atoms with E-state index in [9.17, 15) is 0 Å². The number of hydrogen-bond donors (Lipinski definition) is 1. The Balaban J connectivity index is 1.88. The third-order valence-corrected chi connectivity index (χ3v) is 4.87. The maximum Gasteiger partial charge on any atom is 0.0476 e. The lowest BCUT2D eigenvalue weighted by Gasteiger charge is -2.26. The molecule has 2 nitrogen and oxygen atoms in total. The molecule has 0 fully saturated rings. The summed E-state index contributed by atoms with van der Waals surface area (Å²) in [6, 6.07) is 29.1. The van der Waals surface area contributed by atoms with E-state index in [1.165, 1.54) is 5.56 Å². The van der Waals surface area contributed by atoms with Gasteiger partial charge in [-0.15, -0.1) is 0 Å². The van der Waals surface area contributed by atoms with E-state index in [4.69, 9.17) is 0 Å². The molecule has 0 atom stereocenters. The van der Waals surface area contributed by atoms with E-state index in [1.807, 2.05) is 48.6 Å². The molecule has 0 heterocycles. The van der Waals surface area contributed by atoms with Crippen molar-refractivity contribution in [1.29, 1.82) is 0 Å². The maximum absolute atomic E-state index is 4.22. The summed E-state index contributed by atoms with van der Waals surface area (Å²) in [6.45, 7) is 14.9. The van der Waals surface area contributed by atoms with Gasteiger partial charge >= 0.3 is 0 Å². The summed E-state index contributed by atoms with van der Waals surface area (Å²) in [5.41, 5.74) is 6.33. The number of hydrogen-bond acceptors (Lipinski definition) is 2. The highest BCUT2D eigenvalue weighted by Crippen LogP contribution is 2.30. The highest BCUT2D eigenvalue weighted by Gasteiger charge is 2.14. The first-order valence-corrected chi connectivity index (χ1v) is 10.2. The molecule has 0 bridgehead atoms. The fraction of sp³-hybridized carbons (Fsp3) is 0.143. The molecule has 3 aromatic carbocycles. The van der Waals surface area contributed by atoms with Gasteiger partial charge in [0, 0.05) is 28.5 Å². The van der Waals surface area contributed by atoms with Gasteiger partial charge < -0.3 is 10.2 Å². The van der Waals surface area contributed by atoms with E-state index in [0.29, 0.717) is 0 Å². The Morgan fingerprint density at radius 3 is 1.73 bits per heavy atom. The van der Waals surface area contributed by atoms with Crippen molar-refractivity contribution >= 4 is 17.1 Å². The summed E-state index contributed by atoms with van der Waals surface area (Å²) in [6.07, 6.45) is 3.88. The van der Waals surface area contributed by atoms with Crippen molar-refractivity contribution < 1.29 is 0 Å². The molecule has 0 amide bonds. The van der Waals surface area contributed by atoms with E-state index >= 15 is 0 Å². The fourth-order valence-electron chi connectivity index (χ4n) is 3.27. The minimum absolute atomic E-state index is 0.136. The van der Waals surface area contributed by atoms with Crippen molar-refractivity contribution in [3.05, 3.63) is 127 Å². The van der Waals surface area contributed by atoms with Gasteiger partial charge in [-0.3, -0.25) is 0 Å². The van der Waals surface area contributed by atoms with Gasteiger partial charge in [-0.2, -0.15) is 0 Å². The van der Waals surface area contributed by atoms with Crippen LogP contribution in [0.5, 0.6) is 0 Å². The van der Waals surface area contributed by atoms with Crippen LogP contribution in [0, 0.1) is 0 Å². The molecular formula is C28H30N2. The standard InChI is InChI=1S/C28H30N2/c1-6-25(21-22(2)29-24-19-17-23(18-20-24)28(3,4)5)30(26-13-9-7-10-14-26)27-15-11-8-12-16-27/h6-21,29H,1-2H2,3-5H3/b25-21+. The van der Waals surface area contributed by atoms with Crippen molar-refractivity contribution in [3.8, 4) is 0 Å². The van der Waals surface area contributed by atoms with Crippen LogP contribution < -0.4 is 10.2 Å². The molecule has 0 radical (unpaired) electrons. The summed E-state index contributed by atoms with van der Waals surface area (Å²) in [5.74, 6) is 0. The van der Waals surface area contributed by atoms with E-state index in [1.54, 1.807) is 0 Å². The Labute approximate surface area is 180 Å².